The van der Waals surface area contributed by atoms with E-state index >= 15 is 0 Å². The van der Waals surface area contributed by atoms with Gasteiger partial charge in [0.2, 0.25) is 11.8 Å². The van der Waals surface area contributed by atoms with Crippen molar-refractivity contribution in [2.75, 3.05) is 24.9 Å². The lowest BCUT2D eigenvalue weighted by atomic mass is 10.0. The van der Waals surface area contributed by atoms with Gasteiger partial charge in [-0.2, -0.15) is 0 Å². The normalized spacial score (nSPS) is 13.5. The summed E-state index contributed by atoms with van der Waals surface area (Å²) < 4.78 is 17.0. The van der Waals surface area contributed by atoms with E-state index in [-0.39, 0.29) is 11.8 Å². The average molecular weight is 512 g/mol. The molecule has 5 rings (SSSR count). The zero-order valence-corrected chi connectivity index (χ0v) is 21.8. The molecule has 1 aromatic heterocycles. The number of hydrogen-bond acceptors (Lipinski definition) is 6. The fourth-order valence-corrected chi connectivity index (χ4v) is 4.32. The second-order valence-corrected chi connectivity index (χ2v) is 9.47. The summed E-state index contributed by atoms with van der Waals surface area (Å²) in [7, 11) is 3.16. The highest BCUT2D eigenvalue weighted by atomic mass is 16.5. The zero-order valence-electron chi connectivity index (χ0n) is 21.8. The number of amides is 2. The SMILES string of the molecule is COc1cc2nccc(Oc3ccc(NC(=O)C4(C(=O)Nc5ccc(C)cc5)CC4)c(C)c3)c2cc1OC. The van der Waals surface area contributed by atoms with E-state index in [9.17, 15) is 9.59 Å². The number of ether oxygens (including phenoxy) is 3. The van der Waals surface area contributed by atoms with E-state index in [0.717, 1.165) is 16.5 Å². The Morgan fingerprint density at radius 2 is 1.50 bits per heavy atom. The number of benzene rings is 3. The van der Waals surface area contributed by atoms with Crippen LogP contribution in [-0.2, 0) is 9.59 Å². The molecule has 4 aromatic rings. The maximum atomic E-state index is 13.1. The van der Waals surface area contributed by atoms with Gasteiger partial charge in [0.1, 0.15) is 16.9 Å². The maximum Gasteiger partial charge on any atom is 0.240 e. The van der Waals surface area contributed by atoms with Crippen LogP contribution < -0.4 is 24.8 Å². The van der Waals surface area contributed by atoms with Gasteiger partial charge in [0, 0.05) is 29.0 Å². The number of rotatable bonds is 8. The molecule has 1 aliphatic rings. The Labute approximate surface area is 220 Å². The first kappa shape index (κ1) is 25.1. The van der Waals surface area contributed by atoms with Crippen molar-refractivity contribution < 1.29 is 23.8 Å². The summed E-state index contributed by atoms with van der Waals surface area (Å²) in [6, 6.07) is 18.3. The molecule has 0 spiro atoms. The van der Waals surface area contributed by atoms with Crippen molar-refractivity contribution in [2.45, 2.75) is 26.7 Å². The largest absolute Gasteiger partial charge is 0.493 e. The van der Waals surface area contributed by atoms with Gasteiger partial charge >= 0.3 is 0 Å². The number of pyridine rings is 1. The molecule has 2 amide bonds. The van der Waals surface area contributed by atoms with E-state index in [2.05, 4.69) is 15.6 Å². The highest BCUT2D eigenvalue weighted by Gasteiger charge is 2.56. The highest BCUT2D eigenvalue weighted by molar-refractivity contribution is 6.17. The molecule has 0 saturated heterocycles. The van der Waals surface area contributed by atoms with E-state index in [1.54, 1.807) is 44.7 Å². The molecule has 0 unspecified atom stereocenters. The van der Waals surface area contributed by atoms with Crippen molar-refractivity contribution in [1.82, 2.24) is 4.98 Å². The van der Waals surface area contributed by atoms with Crippen LogP contribution in [0.5, 0.6) is 23.0 Å². The van der Waals surface area contributed by atoms with Crippen LogP contribution in [0.15, 0.2) is 66.9 Å². The van der Waals surface area contributed by atoms with Crippen molar-refractivity contribution in [3.8, 4) is 23.0 Å². The van der Waals surface area contributed by atoms with Crippen LogP contribution in [0.25, 0.3) is 10.9 Å². The van der Waals surface area contributed by atoms with E-state index in [0.29, 0.717) is 52.7 Å². The van der Waals surface area contributed by atoms with E-state index < -0.39 is 5.41 Å². The minimum absolute atomic E-state index is 0.284. The van der Waals surface area contributed by atoms with E-state index in [1.165, 1.54) is 0 Å². The Balaban J connectivity index is 1.31. The monoisotopic (exact) mass is 511 g/mol. The molecule has 2 N–H and O–H groups in total. The Bertz CT molecular complexity index is 1530. The smallest absolute Gasteiger partial charge is 0.240 e. The Morgan fingerprint density at radius 3 is 2.16 bits per heavy atom. The predicted octanol–water partition coefficient (Wildman–Crippen LogP) is 6.02. The standard InChI is InChI=1S/C30H29N3O5/c1-18-5-7-20(8-6-18)32-28(34)30(12-13-30)29(35)33-23-10-9-21(15-19(23)2)38-25-11-14-31-24-17-27(37-4)26(36-3)16-22(24)25/h5-11,14-17H,12-13H2,1-4H3,(H,32,34)(H,33,35). The first-order valence-corrected chi connectivity index (χ1v) is 12.3. The number of methoxy groups -OCH3 is 2. The van der Waals surface area contributed by atoms with Crippen LogP contribution in [0.4, 0.5) is 11.4 Å². The zero-order chi connectivity index (χ0) is 26.9. The van der Waals surface area contributed by atoms with Crippen molar-refractivity contribution in [3.05, 3.63) is 78.0 Å². The fraction of sp³-hybridized carbons (Fsp3) is 0.233. The van der Waals surface area contributed by atoms with Gasteiger partial charge in [-0.25, -0.2) is 0 Å². The molecule has 1 heterocycles. The van der Waals surface area contributed by atoms with Crippen LogP contribution >= 0.6 is 0 Å². The van der Waals surface area contributed by atoms with Gasteiger partial charge in [-0.3, -0.25) is 14.6 Å². The van der Waals surface area contributed by atoms with Gasteiger partial charge in [0.25, 0.3) is 0 Å². The van der Waals surface area contributed by atoms with E-state index in [4.69, 9.17) is 14.2 Å². The Morgan fingerprint density at radius 1 is 0.816 bits per heavy atom. The quantitative estimate of drug-likeness (QED) is 0.281. The summed E-state index contributed by atoms with van der Waals surface area (Å²) >= 11 is 0. The molecule has 8 nitrogen and oxygen atoms in total. The van der Waals surface area contributed by atoms with Gasteiger partial charge in [0.05, 0.1) is 19.7 Å². The lowest BCUT2D eigenvalue weighted by Gasteiger charge is -2.17. The van der Waals surface area contributed by atoms with Crippen LogP contribution in [0.2, 0.25) is 0 Å². The third kappa shape index (κ3) is 4.85. The molecule has 38 heavy (non-hydrogen) atoms. The summed E-state index contributed by atoms with van der Waals surface area (Å²) in [6.07, 6.45) is 2.70. The number of fused-ring (bicyclic) bond motifs is 1. The molecule has 194 valence electrons. The number of carbonyl (C=O) groups is 2. The van der Waals surface area contributed by atoms with Crippen molar-refractivity contribution in [1.29, 1.82) is 0 Å². The lowest BCUT2D eigenvalue weighted by molar-refractivity contribution is -0.131. The number of nitrogens with one attached hydrogen (secondary N) is 2. The van der Waals surface area contributed by atoms with Gasteiger partial charge in [-0.05, 0) is 74.7 Å². The summed E-state index contributed by atoms with van der Waals surface area (Å²) in [5.41, 5.74) is 2.87. The van der Waals surface area contributed by atoms with Crippen LogP contribution in [0.1, 0.15) is 24.0 Å². The minimum atomic E-state index is -1.05. The summed E-state index contributed by atoms with van der Waals surface area (Å²) in [5.74, 6) is 1.78. The number of hydrogen-bond donors (Lipinski definition) is 2. The minimum Gasteiger partial charge on any atom is -0.493 e. The molecule has 0 aliphatic heterocycles. The number of carbonyl (C=O) groups excluding carboxylic acids is 2. The molecule has 0 atom stereocenters. The number of nitrogens with zero attached hydrogens (tertiary/aromatic N) is 1. The molecule has 3 aromatic carbocycles. The number of aryl methyl sites for hydroxylation is 2. The molecule has 1 fully saturated rings. The molecule has 1 saturated carbocycles. The first-order valence-electron chi connectivity index (χ1n) is 12.3. The molecule has 0 radical (unpaired) electrons. The van der Waals surface area contributed by atoms with Crippen molar-refractivity contribution in [2.24, 2.45) is 5.41 Å². The maximum absolute atomic E-state index is 13.1. The first-order chi connectivity index (χ1) is 18.3. The van der Waals surface area contributed by atoms with E-state index in [1.807, 2.05) is 50.2 Å². The molecule has 1 aliphatic carbocycles. The molecular weight excluding hydrogens is 482 g/mol. The predicted molar refractivity (Wildman–Crippen MR) is 146 cm³/mol. The highest BCUT2D eigenvalue weighted by Crippen LogP contribution is 2.48. The lowest BCUT2D eigenvalue weighted by Crippen LogP contribution is -2.35. The van der Waals surface area contributed by atoms with Crippen LogP contribution in [0, 0.1) is 19.3 Å². The molecule has 0 bridgehead atoms. The average Bonchev–Trinajstić information content (AvgIpc) is 3.73. The Kier molecular flexibility index (Phi) is 6.63. The summed E-state index contributed by atoms with van der Waals surface area (Å²) in [4.78, 5) is 30.5. The van der Waals surface area contributed by atoms with Gasteiger partial charge in [-0.15, -0.1) is 0 Å². The Hall–Kier alpha value is -4.59. The third-order valence-corrected chi connectivity index (χ3v) is 6.81. The number of anilines is 2. The summed E-state index contributed by atoms with van der Waals surface area (Å²) in [5, 5.41) is 6.59. The molecular formula is C30H29N3O5. The van der Waals surface area contributed by atoms with Crippen LogP contribution in [-0.4, -0.2) is 31.0 Å². The van der Waals surface area contributed by atoms with Gasteiger partial charge in [0.15, 0.2) is 11.5 Å². The second-order valence-electron chi connectivity index (χ2n) is 9.47. The number of aromatic nitrogens is 1. The van der Waals surface area contributed by atoms with Crippen molar-refractivity contribution in [3.63, 3.8) is 0 Å². The van der Waals surface area contributed by atoms with Gasteiger partial charge < -0.3 is 24.8 Å². The third-order valence-electron chi connectivity index (χ3n) is 6.81. The van der Waals surface area contributed by atoms with Gasteiger partial charge in [-0.1, -0.05) is 17.7 Å². The summed E-state index contributed by atoms with van der Waals surface area (Å²) in [6.45, 7) is 3.86. The van der Waals surface area contributed by atoms with Crippen molar-refractivity contribution >= 4 is 34.1 Å². The fourth-order valence-electron chi connectivity index (χ4n) is 4.32. The topological polar surface area (TPSA) is 98.8 Å². The van der Waals surface area contributed by atoms with Crippen LogP contribution in [0.3, 0.4) is 0 Å². The second kappa shape index (κ2) is 10.0. The molecule has 8 heteroatoms.